The zero-order chi connectivity index (χ0) is 26.6. The summed E-state index contributed by atoms with van der Waals surface area (Å²) in [6, 6.07) is 14.6. The number of hydrogen-bond donors (Lipinski definition) is 0. The molecule has 0 spiro atoms. The van der Waals surface area contributed by atoms with Gasteiger partial charge in [-0.25, -0.2) is 4.39 Å². The van der Waals surface area contributed by atoms with Crippen molar-refractivity contribution in [1.29, 1.82) is 0 Å². The van der Waals surface area contributed by atoms with Gasteiger partial charge in [0.05, 0.1) is 17.2 Å². The van der Waals surface area contributed by atoms with Crippen molar-refractivity contribution in [2.45, 2.75) is 36.6 Å². The van der Waals surface area contributed by atoms with E-state index in [0.29, 0.717) is 19.1 Å². The van der Waals surface area contributed by atoms with Crippen molar-refractivity contribution in [3.8, 4) is 5.75 Å². The molecule has 1 amide bonds. The summed E-state index contributed by atoms with van der Waals surface area (Å²) in [4.78, 5) is 13.9. The van der Waals surface area contributed by atoms with Crippen molar-refractivity contribution in [3.05, 3.63) is 95.3 Å². The quantitative estimate of drug-likeness (QED) is 0.283. The molecule has 6 nitrogen and oxygen atoms in total. The molecule has 0 bridgehead atoms. The van der Waals surface area contributed by atoms with Crippen LogP contribution in [0.3, 0.4) is 0 Å². The first-order chi connectivity index (χ1) is 17.5. The second kappa shape index (κ2) is 10.9. The van der Waals surface area contributed by atoms with E-state index in [2.05, 4.69) is 0 Å². The second-order valence-corrected chi connectivity index (χ2v) is 10.0. The maximum Gasteiger partial charge on any atom is 0.416 e. The summed E-state index contributed by atoms with van der Waals surface area (Å²) in [5.74, 6) is -1.50. The lowest BCUT2D eigenvalue weighted by Gasteiger charge is -2.26. The molecule has 1 fully saturated rings. The molecule has 0 N–H and O–H groups in total. The van der Waals surface area contributed by atoms with Crippen LogP contribution in [0.25, 0.3) is 0 Å². The van der Waals surface area contributed by atoms with Crippen molar-refractivity contribution in [2.24, 2.45) is 0 Å². The molecule has 37 heavy (non-hydrogen) atoms. The first-order valence-electron chi connectivity index (χ1n) is 11.4. The molecule has 4 rings (SSSR count). The number of hydrogen-bond acceptors (Lipinski definition) is 5. The third-order valence-electron chi connectivity index (χ3n) is 5.82. The molecule has 0 aromatic heterocycles. The Hall–Kier alpha value is -3.44. The van der Waals surface area contributed by atoms with E-state index in [1.54, 1.807) is 6.07 Å². The van der Waals surface area contributed by atoms with Crippen LogP contribution in [-0.2, 0) is 27.6 Å². The minimum atomic E-state index is -4.74. The van der Waals surface area contributed by atoms with Gasteiger partial charge in [-0.05, 0) is 49.2 Å². The molecule has 3 aromatic rings. The smallest absolute Gasteiger partial charge is 0.379 e. The molecule has 1 aliphatic rings. The standard InChI is InChI=1S/C26H23F4NO5S/c27-23-12-3-2-11-22(23)25(32)31(17-20-9-6-14-35-20)16-18-7-1-4-13-24(18)36-37(33,34)21-10-5-8-19(15-21)26(28,29)30/h1-5,7-8,10-13,15,20H,6,9,14,16-17H2. The van der Waals surface area contributed by atoms with E-state index in [0.717, 1.165) is 30.7 Å². The summed E-state index contributed by atoms with van der Waals surface area (Å²) >= 11 is 0. The monoisotopic (exact) mass is 537 g/mol. The molecule has 11 heteroatoms. The van der Waals surface area contributed by atoms with Crippen molar-refractivity contribution >= 4 is 16.0 Å². The summed E-state index contributed by atoms with van der Waals surface area (Å²) in [6.45, 7) is 0.504. The van der Waals surface area contributed by atoms with E-state index in [1.165, 1.54) is 41.3 Å². The van der Waals surface area contributed by atoms with Gasteiger partial charge in [0.2, 0.25) is 0 Å². The number of carbonyl (C=O) groups is 1. The van der Waals surface area contributed by atoms with Crippen LogP contribution in [-0.4, -0.2) is 38.5 Å². The fourth-order valence-corrected chi connectivity index (χ4v) is 4.99. The van der Waals surface area contributed by atoms with Gasteiger partial charge in [0.1, 0.15) is 16.5 Å². The minimum Gasteiger partial charge on any atom is -0.379 e. The lowest BCUT2D eigenvalue weighted by atomic mass is 10.1. The average Bonchev–Trinajstić information content (AvgIpc) is 3.37. The fourth-order valence-electron chi connectivity index (χ4n) is 3.97. The second-order valence-electron chi connectivity index (χ2n) is 8.47. The van der Waals surface area contributed by atoms with E-state index in [1.807, 2.05) is 0 Å². The van der Waals surface area contributed by atoms with E-state index in [9.17, 15) is 30.8 Å². The molecule has 0 aliphatic carbocycles. The molecule has 1 atom stereocenters. The number of nitrogens with zero attached hydrogens (tertiary/aromatic N) is 1. The molecule has 196 valence electrons. The van der Waals surface area contributed by atoms with Gasteiger partial charge in [0.15, 0.2) is 0 Å². The van der Waals surface area contributed by atoms with Crippen LogP contribution >= 0.6 is 0 Å². The maximum atomic E-state index is 14.4. The predicted octanol–water partition coefficient (Wildman–Crippen LogP) is 5.43. The van der Waals surface area contributed by atoms with Gasteiger partial charge in [0, 0.05) is 25.3 Å². The molecule has 3 aromatic carbocycles. The highest BCUT2D eigenvalue weighted by atomic mass is 32.2. The lowest BCUT2D eigenvalue weighted by molar-refractivity contribution is -0.137. The number of rotatable bonds is 8. The van der Waals surface area contributed by atoms with Gasteiger partial charge in [-0.15, -0.1) is 0 Å². The molecule has 1 unspecified atom stereocenters. The van der Waals surface area contributed by atoms with Gasteiger partial charge in [0.25, 0.3) is 5.91 Å². The molecular weight excluding hydrogens is 514 g/mol. The van der Waals surface area contributed by atoms with Gasteiger partial charge < -0.3 is 13.8 Å². The van der Waals surface area contributed by atoms with E-state index in [-0.39, 0.29) is 36.1 Å². The number of amides is 1. The molecular formula is C26H23F4NO5S. The summed E-state index contributed by atoms with van der Waals surface area (Å²) in [5, 5.41) is 0. The summed E-state index contributed by atoms with van der Waals surface area (Å²) in [7, 11) is -4.64. The Balaban J connectivity index is 1.63. The van der Waals surface area contributed by atoms with Gasteiger partial charge in [-0.3, -0.25) is 4.79 Å². The van der Waals surface area contributed by atoms with Crippen molar-refractivity contribution < 1.29 is 39.7 Å². The highest BCUT2D eigenvalue weighted by Gasteiger charge is 2.32. The number of benzene rings is 3. The summed E-state index contributed by atoms with van der Waals surface area (Å²) in [6.07, 6.45) is -3.51. The van der Waals surface area contributed by atoms with Crippen molar-refractivity contribution in [2.75, 3.05) is 13.2 Å². The SMILES string of the molecule is O=C(c1ccccc1F)N(Cc1ccccc1OS(=O)(=O)c1cccc(C(F)(F)F)c1)CC1CCCO1. The molecule has 1 aliphatic heterocycles. The predicted molar refractivity (Wildman–Crippen MR) is 126 cm³/mol. The first kappa shape index (κ1) is 26.6. The lowest BCUT2D eigenvalue weighted by Crippen LogP contribution is -2.37. The van der Waals surface area contributed by atoms with Crippen LogP contribution in [0.4, 0.5) is 17.6 Å². The van der Waals surface area contributed by atoms with E-state index >= 15 is 0 Å². The van der Waals surface area contributed by atoms with Crippen molar-refractivity contribution in [3.63, 3.8) is 0 Å². The van der Waals surface area contributed by atoms with Crippen molar-refractivity contribution in [1.82, 2.24) is 4.90 Å². The molecule has 1 heterocycles. The number of halogens is 4. The van der Waals surface area contributed by atoms with Crippen LogP contribution in [0.5, 0.6) is 5.75 Å². The van der Waals surface area contributed by atoms with Crippen LogP contribution in [0.1, 0.15) is 34.3 Å². The fraction of sp³-hybridized carbons (Fsp3) is 0.269. The largest absolute Gasteiger partial charge is 0.416 e. The summed E-state index contributed by atoms with van der Waals surface area (Å²) in [5.41, 5.74) is -1.03. The molecule has 0 saturated carbocycles. The Morgan fingerprint density at radius 3 is 2.46 bits per heavy atom. The molecule has 0 radical (unpaired) electrons. The van der Waals surface area contributed by atoms with E-state index < -0.39 is 38.5 Å². The first-order valence-corrected chi connectivity index (χ1v) is 12.8. The third-order valence-corrected chi connectivity index (χ3v) is 7.05. The Bertz CT molecular complexity index is 1370. The van der Waals surface area contributed by atoms with Gasteiger partial charge >= 0.3 is 16.3 Å². The topological polar surface area (TPSA) is 72.9 Å². The number of carbonyl (C=O) groups excluding carboxylic acids is 1. The Kier molecular flexibility index (Phi) is 7.84. The highest BCUT2D eigenvalue weighted by molar-refractivity contribution is 7.87. The Morgan fingerprint density at radius 1 is 1.03 bits per heavy atom. The zero-order valence-electron chi connectivity index (χ0n) is 19.4. The zero-order valence-corrected chi connectivity index (χ0v) is 20.3. The number of alkyl halides is 3. The minimum absolute atomic E-state index is 0.127. The Labute approximate surface area is 211 Å². The van der Waals surface area contributed by atoms with Crippen LogP contribution in [0.15, 0.2) is 77.7 Å². The number of para-hydroxylation sites is 1. The van der Waals surface area contributed by atoms with Crippen LogP contribution in [0.2, 0.25) is 0 Å². The summed E-state index contributed by atoms with van der Waals surface area (Å²) < 4.78 is 90.3. The van der Waals surface area contributed by atoms with E-state index in [4.69, 9.17) is 8.92 Å². The van der Waals surface area contributed by atoms with Crippen LogP contribution < -0.4 is 4.18 Å². The molecule has 1 saturated heterocycles. The van der Waals surface area contributed by atoms with Gasteiger partial charge in [-0.1, -0.05) is 36.4 Å². The maximum absolute atomic E-state index is 14.4. The van der Waals surface area contributed by atoms with Crippen LogP contribution in [0, 0.1) is 5.82 Å². The number of ether oxygens (including phenoxy) is 1. The average molecular weight is 538 g/mol. The Morgan fingerprint density at radius 2 is 1.76 bits per heavy atom. The highest BCUT2D eigenvalue weighted by Crippen LogP contribution is 2.32. The third kappa shape index (κ3) is 6.47. The van der Waals surface area contributed by atoms with Gasteiger partial charge in [-0.2, -0.15) is 21.6 Å². The normalized spacial score (nSPS) is 15.9.